The summed E-state index contributed by atoms with van der Waals surface area (Å²) in [5.41, 5.74) is 4.66. The number of carbonyl (C=O) groups is 1. The van der Waals surface area contributed by atoms with Crippen LogP contribution in [0.25, 0.3) is 22.2 Å². The zero-order chi connectivity index (χ0) is 26.7. The van der Waals surface area contributed by atoms with Crippen LogP contribution in [0.5, 0.6) is 0 Å². The van der Waals surface area contributed by atoms with Crippen LogP contribution in [0.15, 0.2) is 54.6 Å². The molecule has 0 saturated carbocycles. The molecule has 1 amide bonds. The van der Waals surface area contributed by atoms with Gasteiger partial charge in [-0.25, -0.2) is 4.98 Å². The maximum Gasteiger partial charge on any atom is 0.252 e. The Kier molecular flexibility index (Phi) is 8.15. The molecule has 3 aromatic rings. The molecule has 0 bridgehead atoms. The topological polar surface area (TPSA) is 48.5 Å². The number of hydrogen-bond donors (Lipinski definition) is 1. The number of piperidine rings is 2. The first-order chi connectivity index (χ1) is 18.3. The van der Waals surface area contributed by atoms with Crippen LogP contribution in [0.2, 0.25) is 0 Å². The van der Waals surface area contributed by atoms with Gasteiger partial charge in [0.25, 0.3) is 5.91 Å². The average molecular weight is 513 g/mol. The molecule has 1 N–H and O–H groups in total. The first-order valence-electron chi connectivity index (χ1n) is 14.6. The van der Waals surface area contributed by atoms with Gasteiger partial charge in [0, 0.05) is 35.1 Å². The van der Waals surface area contributed by atoms with Crippen LogP contribution in [0, 0.1) is 5.41 Å². The van der Waals surface area contributed by atoms with E-state index < -0.39 is 0 Å². The molecule has 0 radical (unpaired) electrons. The van der Waals surface area contributed by atoms with Gasteiger partial charge in [0.15, 0.2) is 0 Å². The van der Waals surface area contributed by atoms with Crippen LogP contribution >= 0.6 is 0 Å². The molecule has 1 atom stereocenters. The van der Waals surface area contributed by atoms with Gasteiger partial charge in [0.05, 0.1) is 16.8 Å². The van der Waals surface area contributed by atoms with Crippen molar-refractivity contribution in [2.45, 2.75) is 78.4 Å². The van der Waals surface area contributed by atoms with Crippen LogP contribution in [-0.4, -0.2) is 59.0 Å². The van der Waals surface area contributed by atoms with E-state index in [1.54, 1.807) is 0 Å². The Balaban J connectivity index is 1.51. The van der Waals surface area contributed by atoms with Gasteiger partial charge >= 0.3 is 0 Å². The van der Waals surface area contributed by atoms with Gasteiger partial charge < -0.3 is 10.2 Å². The highest BCUT2D eigenvalue weighted by Crippen LogP contribution is 2.33. The fourth-order valence-corrected chi connectivity index (χ4v) is 5.93. The number of carbonyl (C=O) groups excluding carboxylic acids is 1. The van der Waals surface area contributed by atoms with E-state index in [9.17, 15) is 4.79 Å². The van der Waals surface area contributed by atoms with Crippen molar-refractivity contribution >= 4 is 16.8 Å². The summed E-state index contributed by atoms with van der Waals surface area (Å²) in [6.07, 6.45) is 6.46. The molecule has 2 fully saturated rings. The molecule has 1 aromatic heterocycles. The van der Waals surface area contributed by atoms with Crippen LogP contribution in [-0.2, 0) is 6.54 Å². The highest BCUT2D eigenvalue weighted by molar-refractivity contribution is 6.09. The minimum atomic E-state index is -0.0305. The smallest absolute Gasteiger partial charge is 0.252 e. The Morgan fingerprint density at radius 2 is 1.61 bits per heavy atom. The van der Waals surface area contributed by atoms with Gasteiger partial charge in [-0.2, -0.15) is 0 Å². The lowest BCUT2D eigenvalue weighted by Gasteiger charge is -2.40. The van der Waals surface area contributed by atoms with Crippen molar-refractivity contribution in [1.29, 1.82) is 0 Å². The fourth-order valence-electron chi connectivity index (χ4n) is 5.93. The number of rotatable bonds is 6. The van der Waals surface area contributed by atoms with E-state index >= 15 is 0 Å². The number of amides is 1. The number of para-hydroxylation sites is 1. The monoisotopic (exact) mass is 512 g/mol. The van der Waals surface area contributed by atoms with Crippen LogP contribution in [0.4, 0.5) is 0 Å². The summed E-state index contributed by atoms with van der Waals surface area (Å²) < 4.78 is 0. The number of fused-ring (bicyclic) bond motifs is 1. The van der Waals surface area contributed by atoms with Gasteiger partial charge in [0.2, 0.25) is 0 Å². The van der Waals surface area contributed by atoms with Crippen LogP contribution in [0.1, 0.15) is 75.7 Å². The third-order valence-electron chi connectivity index (χ3n) is 8.76. The molecule has 2 aliphatic rings. The summed E-state index contributed by atoms with van der Waals surface area (Å²) in [6, 6.07) is 19.2. The molecule has 202 valence electrons. The zero-order valence-corrected chi connectivity index (χ0v) is 23.7. The van der Waals surface area contributed by atoms with E-state index in [1.165, 1.54) is 45.2 Å². The van der Waals surface area contributed by atoms with Crippen molar-refractivity contribution in [3.05, 3.63) is 65.7 Å². The third-order valence-corrected chi connectivity index (χ3v) is 8.76. The Morgan fingerprint density at radius 3 is 2.29 bits per heavy atom. The van der Waals surface area contributed by atoms with Crippen molar-refractivity contribution < 1.29 is 4.79 Å². The average Bonchev–Trinajstić information content (AvgIpc) is 2.93. The second-order valence-corrected chi connectivity index (χ2v) is 12.4. The van der Waals surface area contributed by atoms with E-state index in [4.69, 9.17) is 4.98 Å². The lowest BCUT2D eigenvalue weighted by Crippen LogP contribution is -2.46. The van der Waals surface area contributed by atoms with Crippen LogP contribution < -0.4 is 5.32 Å². The molecule has 2 aliphatic heterocycles. The van der Waals surface area contributed by atoms with Gasteiger partial charge in [-0.15, -0.1) is 0 Å². The van der Waals surface area contributed by atoms with Crippen molar-refractivity contribution in [1.82, 2.24) is 20.1 Å². The number of aromatic nitrogens is 1. The van der Waals surface area contributed by atoms with Gasteiger partial charge in [-0.05, 0) is 70.3 Å². The van der Waals surface area contributed by atoms with E-state index in [1.807, 2.05) is 24.3 Å². The van der Waals surface area contributed by atoms with Gasteiger partial charge in [-0.3, -0.25) is 9.69 Å². The molecule has 38 heavy (non-hydrogen) atoms. The van der Waals surface area contributed by atoms with E-state index in [-0.39, 0.29) is 17.4 Å². The maximum absolute atomic E-state index is 14.1. The Hall–Kier alpha value is -2.76. The molecule has 0 spiro atoms. The fraction of sp³-hybridized carbons (Fsp3) is 0.515. The Bertz CT molecular complexity index is 1240. The second-order valence-electron chi connectivity index (χ2n) is 12.4. The minimum absolute atomic E-state index is 0.00130. The summed E-state index contributed by atoms with van der Waals surface area (Å²) in [6.45, 7) is 14.0. The van der Waals surface area contributed by atoms with Crippen LogP contribution in [0.3, 0.4) is 0 Å². The van der Waals surface area contributed by atoms with E-state index in [0.29, 0.717) is 6.04 Å². The zero-order valence-electron chi connectivity index (χ0n) is 23.7. The predicted octanol–water partition coefficient (Wildman–Crippen LogP) is 6.52. The first kappa shape index (κ1) is 26.8. The first-order valence-corrected chi connectivity index (χ1v) is 14.6. The minimum Gasteiger partial charge on any atom is -0.349 e. The summed E-state index contributed by atoms with van der Waals surface area (Å²) in [4.78, 5) is 24.5. The number of benzene rings is 2. The maximum atomic E-state index is 14.1. The molecule has 5 heteroatoms. The highest BCUT2D eigenvalue weighted by Gasteiger charge is 2.30. The van der Waals surface area contributed by atoms with Gasteiger partial charge in [0.1, 0.15) is 0 Å². The Morgan fingerprint density at radius 1 is 0.947 bits per heavy atom. The van der Waals surface area contributed by atoms with Crippen molar-refractivity contribution in [3.8, 4) is 11.3 Å². The molecule has 2 saturated heterocycles. The molecule has 0 aliphatic carbocycles. The highest BCUT2D eigenvalue weighted by atomic mass is 16.1. The summed E-state index contributed by atoms with van der Waals surface area (Å²) in [5.74, 6) is 0.00130. The van der Waals surface area contributed by atoms with Gasteiger partial charge in [-0.1, -0.05) is 75.7 Å². The number of nitrogens with zero attached hydrogens (tertiary/aromatic N) is 3. The summed E-state index contributed by atoms with van der Waals surface area (Å²) >= 11 is 0. The molecular weight excluding hydrogens is 468 g/mol. The van der Waals surface area contributed by atoms with Crippen molar-refractivity contribution in [2.75, 3.05) is 26.2 Å². The van der Waals surface area contributed by atoms with E-state index in [0.717, 1.165) is 52.9 Å². The number of pyridine rings is 1. The Labute approximate surface area is 228 Å². The second kappa shape index (κ2) is 11.5. The lowest BCUT2D eigenvalue weighted by molar-refractivity contribution is 0.0875. The standard InChI is InChI=1S/C33H44N4O/c1-24(33(2,3)4)34-32(38)30-27-15-9-10-16-29(27)35-31(25-13-7-5-8-14-25)28(30)23-36-21-17-26(18-22-36)37-19-11-6-12-20-37/h5,7-10,13-16,24,26H,6,11-12,17-23H2,1-4H3,(H,34,38)/t24-/m0/s1. The number of nitrogens with one attached hydrogen (secondary N) is 1. The number of hydrogen-bond acceptors (Lipinski definition) is 4. The normalized spacial score (nSPS) is 18.9. The quantitative estimate of drug-likeness (QED) is 0.409. The lowest BCUT2D eigenvalue weighted by atomic mass is 9.87. The third kappa shape index (κ3) is 5.94. The summed E-state index contributed by atoms with van der Waals surface area (Å²) in [5, 5.41) is 4.28. The molecule has 0 unspecified atom stereocenters. The molecule has 2 aromatic carbocycles. The molecular formula is C33H44N4O. The SMILES string of the molecule is C[C@H](NC(=O)c1c(CN2CCC(N3CCCCC3)CC2)c(-c2ccccc2)nc2ccccc12)C(C)(C)C. The van der Waals surface area contributed by atoms with Crippen molar-refractivity contribution in [3.63, 3.8) is 0 Å². The molecule has 5 nitrogen and oxygen atoms in total. The largest absolute Gasteiger partial charge is 0.349 e. The van der Waals surface area contributed by atoms with E-state index in [2.05, 4.69) is 73.1 Å². The predicted molar refractivity (Wildman–Crippen MR) is 157 cm³/mol. The molecule has 3 heterocycles. The van der Waals surface area contributed by atoms with Crippen molar-refractivity contribution in [2.24, 2.45) is 5.41 Å². The summed E-state index contributed by atoms with van der Waals surface area (Å²) in [7, 11) is 0. The molecule has 5 rings (SSSR count). The number of likely N-dealkylation sites (tertiary alicyclic amines) is 2.